The highest BCUT2D eigenvalue weighted by Crippen LogP contribution is 2.15. The molecular formula is C13H18N4O. The molecule has 0 atom stereocenters. The Morgan fingerprint density at radius 3 is 2.94 bits per heavy atom. The van der Waals surface area contributed by atoms with Gasteiger partial charge in [-0.15, -0.1) is 0 Å². The van der Waals surface area contributed by atoms with E-state index >= 15 is 0 Å². The van der Waals surface area contributed by atoms with E-state index in [0.29, 0.717) is 19.5 Å². The highest BCUT2D eigenvalue weighted by Gasteiger charge is 2.08. The minimum absolute atomic E-state index is 0.286. The van der Waals surface area contributed by atoms with Gasteiger partial charge in [0.15, 0.2) is 0 Å². The van der Waals surface area contributed by atoms with Gasteiger partial charge in [0.05, 0.1) is 17.6 Å². The Bertz CT molecular complexity index is 547. The Morgan fingerprint density at radius 2 is 2.22 bits per heavy atom. The minimum atomic E-state index is -0.286. The van der Waals surface area contributed by atoms with Crippen LogP contribution in [0.25, 0.3) is 11.0 Å². The van der Waals surface area contributed by atoms with Gasteiger partial charge in [0.2, 0.25) is 5.91 Å². The molecule has 1 heterocycles. The molecule has 0 saturated carbocycles. The number of carbonyl (C=O) groups is 1. The van der Waals surface area contributed by atoms with E-state index in [9.17, 15) is 4.79 Å². The van der Waals surface area contributed by atoms with Crippen LogP contribution in [0.4, 0.5) is 0 Å². The molecule has 3 N–H and O–H groups in total. The summed E-state index contributed by atoms with van der Waals surface area (Å²) >= 11 is 0. The number of carbonyl (C=O) groups excluding carboxylic acids is 1. The lowest BCUT2D eigenvalue weighted by Crippen LogP contribution is -2.23. The van der Waals surface area contributed by atoms with E-state index in [4.69, 9.17) is 5.73 Å². The number of imidazole rings is 1. The van der Waals surface area contributed by atoms with Crippen LogP contribution in [0, 0.1) is 0 Å². The lowest BCUT2D eigenvalue weighted by atomic mass is 10.3. The van der Waals surface area contributed by atoms with Crippen molar-refractivity contribution in [2.75, 3.05) is 6.54 Å². The Hall–Kier alpha value is -1.88. The lowest BCUT2D eigenvalue weighted by molar-refractivity contribution is -0.117. The average molecular weight is 246 g/mol. The van der Waals surface area contributed by atoms with E-state index in [1.54, 1.807) is 0 Å². The SMILES string of the molecule is CCn1c(CNCCC(N)=O)nc2ccccc21. The molecule has 0 saturated heterocycles. The molecule has 5 nitrogen and oxygen atoms in total. The quantitative estimate of drug-likeness (QED) is 0.747. The van der Waals surface area contributed by atoms with Crippen LogP contribution in [0.5, 0.6) is 0 Å². The average Bonchev–Trinajstić information content (AvgIpc) is 2.71. The number of nitrogens with two attached hydrogens (primary N) is 1. The summed E-state index contributed by atoms with van der Waals surface area (Å²) in [6.07, 6.45) is 0.354. The van der Waals surface area contributed by atoms with Crippen molar-refractivity contribution in [1.82, 2.24) is 14.9 Å². The fourth-order valence-corrected chi connectivity index (χ4v) is 2.02. The third kappa shape index (κ3) is 2.68. The van der Waals surface area contributed by atoms with Crippen LogP contribution in [0.3, 0.4) is 0 Å². The Kier molecular flexibility index (Phi) is 3.94. The van der Waals surface area contributed by atoms with Crippen LogP contribution in [0.1, 0.15) is 19.2 Å². The smallest absolute Gasteiger partial charge is 0.218 e. The fourth-order valence-electron chi connectivity index (χ4n) is 2.02. The van der Waals surface area contributed by atoms with Crippen molar-refractivity contribution in [3.63, 3.8) is 0 Å². The number of hydrogen-bond donors (Lipinski definition) is 2. The standard InChI is InChI=1S/C13H18N4O/c1-2-17-11-6-4-3-5-10(11)16-13(17)9-15-8-7-12(14)18/h3-6,15H,2,7-9H2,1H3,(H2,14,18). The topological polar surface area (TPSA) is 72.9 Å². The normalized spacial score (nSPS) is 10.9. The summed E-state index contributed by atoms with van der Waals surface area (Å²) in [5, 5.41) is 3.18. The summed E-state index contributed by atoms with van der Waals surface area (Å²) in [5.41, 5.74) is 7.24. The van der Waals surface area contributed by atoms with Gasteiger partial charge < -0.3 is 15.6 Å². The monoisotopic (exact) mass is 246 g/mol. The summed E-state index contributed by atoms with van der Waals surface area (Å²) in [7, 11) is 0. The van der Waals surface area contributed by atoms with Gasteiger partial charge in [0.1, 0.15) is 5.82 Å². The van der Waals surface area contributed by atoms with E-state index in [1.165, 1.54) is 0 Å². The van der Waals surface area contributed by atoms with Crippen LogP contribution < -0.4 is 11.1 Å². The first-order valence-electron chi connectivity index (χ1n) is 6.15. The van der Waals surface area contributed by atoms with Crippen LogP contribution in [-0.2, 0) is 17.9 Å². The van der Waals surface area contributed by atoms with Crippen LogP contribution >= 0.6 is 0 Å². The number of para-hydroxylation sites is 2. The molecule has 0 bridgehead atoms. The molecule has 18 heavy (non-hydrogen) atoms. The van der Waals surface area contributed by atoms with Crippen molar-refractivity contribution in [2.45, 2.75) is 26.4 Å². The molecular weight excluding hydrogens is 228 g/mol. The van der Waals surface area contributed by atoms with Gasteiger partial charge in [-0.25, -0.2) is 4.98 Å². The molecule has 2 rings (SSSR count). The molecule has 1 aromatic carbocycles. The number of hydrogen-bond acceptors (Lipinski definition) is 3. The third-order valence-electron chi connectivity index (χ3n) is 2.88. The first-order valence-corrected chi connectivity index (χ1v) is 6.15. The Morgan fingerprint density at radius 1 is 1.44 bits per heavy atom. The predicted octanol–water partition coefficient (Wildman–Crippen LogP) is 1.02. The second-order valence-electron chi connectivity index (χ2n) is 4.15. The molecule has 0 aliphatic rings. The number of primary amides is 1. The largest absolute Gasteiger partial charge is 0.370 e. The number of fused-ring (bicyclic) bond motifs is 1. The van der Waals surface area contributed by atoms with Gasteiger partial charge in [0.25, 0.3) is 0 Å². The minimum Gasteiger partial charge on any atom is -0.370 e. The van der Waals surface area contributed by atoms with Crippen molar-refractivity contribution in [2.24, 2.45) is 5.73 Å². The van der Waals surface area contributed by atoms with Gasteiger partial charge in [-0.05, 0) is 19.1 Å². The van der Waals surface area contributed by atoms with Gasteiger partial charge in [-0.3, -0.25) is 4.79 Å². The molecule has 0 aliphatic heterocycles. The highest BCUT2D eigenvalue weighted by atomic mass is 16.1. The first kappa shape index (κ1) is 12.6. The highest BCUT2D eigenvalue weighted by molar-refractivity contribution is 5.76. The number of nitrogens with zero attached hydrogens (tertiary/aromatic N) is 2. The zero-order valence-corrected chi connectivity index (χ0v) is 10.5. The number of aryl methyl sites for hydroxylation is 1. The Balaban J connectivity index is 2.10. The molecule has 0 aliphatic carbocycles. The molecule has 96 valence electrons. The second kappa shape index (κ2) is 5.64. The summed E-state index contributed by atoms with van der Waals surface area (Å²) in [6, 6.07) is 8.08. The van der Waals surface area contributed by atoms with E-state index in [-0.39, 0.29) is 5.91 Å². The molecule has 5 heteroatoms. The zero-order chi connectivity index (χ0) is 13.0. The summed E-state index contributed by atoms with van der Waals surface area (Å²) in [5.74, 6) is 0.703. The zero-order valence-electron chi connectivity index (χ0n) is 10.5. The number of benzene rings is 1. The summed E-state index contributed by atoms with van der Waals surface area (Å²) < 4.78 is 2.17. The predicted molar refractivity (Wildman–Crippen MR) is 70.9 cm³/mol. The van der Waals surface area contributed by atoms with Gasteiger partial charge >= 0.3 is 0 Å². The van der Waals surface area contributed by atoms with Gasteiger partial charge in [-0.2, -0.15) is 0 Å². The van der Waals surface area contributed by atoms with Crippen LogP contribution in [0.2, 0.25) is 0 Å². The van der Waals surface area contributed by atoms with Crippen LogP contribution in [-0.4, -0.2) is 22.0 Å². The number of amides is 1. The maximum Gasteiger partial charge on any atom is 0.218 e. The maximum atomic E-state index is 10.6. The number of aromatic nitrogens is 2. The van der Waals surface area contributed by atoms with Crippen molar-refractivity contribution in [3.05, 3.63) is 30.1 Å². The van der Waals surface area contributed by atoms with E-state index < -0.39 is 0 Å². The van der Waals surface area contributed by atoms with Crippen molar-refractivity contribution >= 4 is 16.9 Å². The Labute approximate surface area is 106 Å². The number of rotatable bonds is 6. The first-order chi connectivity index (χ1) is 8.72. The maximum absolute atomic E-state index is 10.6. The van der Waals surface area contributed by atoms with Crippen molar-refractivity contribution in [1.29, 1.82) is 0 Å². The van der Waals surface area contributed by atoms with Crippen molar-refractivity contribution in [3.8, 4) is 0 Å². The summed E-state index contributed by atoms with van der Waals surface area (Å²) in [6.45, 7) is 4.21. The van der Waals surface area contributed by atoms with Crippen molar-refractivity contribution < 1.29 is 4.79 Å². The van der Waals surface area contributed by atoms with Crippen LogP contribution in [0.15, 0.2) is 24.3 Å². The van der Waals surface area contributed by atoms with E-state index in [2.05, 4.69) is 27.9 Å². The lowest BCUT2D eigenvalue weighted by Gasteiger charge is -2.06. The van der Waals surface area contributed by atoms with Gasteiger partial charge in [-0.1, -0.05) is 12.1 Å². The third-order valence-corrected chi connectivity index (χ3v) is 2.88. The summed E-state index contributed by atoms with van der Waals surface area (Å²) in [4.78, 5) is 15.2. The van der Waals surface area contributed by atoms with Gasteiger partial charge in [0, 0.05) is 19.5 Å². The molecule has 0 fully saturated rings. The molecule has 0 unspecified atom stereocenters. The molecule has 0 radical (unpaired) electrons. The molecule has 0 spiro atoms. The molecule has 2 aromatic rings. The molecule has 1 amide bonds. The van der Waals surface area contributed by atoms with E-state index in [0.717, 1.165) is 23.4 Å². The second-order valence-corrected chi connectivity index (χ2v) is 4.15. The number of nitrogens with one attached hydrogen (secondary N) is 1. The molecule has 1 aromatic heterocycles. The van der Waals surface area contributed by atoms with E-state index in [1.807, 2.05) is 18.2 Å². The fraction of sp³-hybridized carbons (Fsp3) is 0.385.